The summed E-state index contributed by atoms with van der Waals surface area (Å²) in [6, 6.07) is 14.3. The van der Waals surface area contributed by atoms with Gasteiger partial charge in [0, 0.05) is 25.4 Å². The fourth-order valence-corrected chi connectivity index (χ4v) is 3.49. The van der Waals surface area contributed by atoms with Crippen LogP contribution in [0.5, 0.6) is 0 Å². The first-order chi connectivity index (χ1) is 14.5. The van der Waals surface area contributed by atoms with Gasteiger partial charge in [0.1, 0.15) is 6.10 Å². The minimum absolute atomic E-state index is 0.0726. The minimum atomic E-state index is -0.332. The number of aliphatic imine (C=N–C) groups is 1. The maximum Gasteiger partial charge on any atom is 0.253 e. The second-order valence-electron chi connectivity index (χ2n) is 7.67. The fourth-order valence-electron chi connectivity index (χ4n) is 3.49. The molecule has 6 heteroatoms. The van der Waals surface area contributed by atoms with Crippen molar-refractivity contribution in [2.24, 2.45) is 4.99 Å². The summed E-state index contributed by atoms with van der Waals surface area (Å²) in [7, 11) is 0. The van der Waals surface area contributed by atoms with Crippen molar-refractivity contribution in [3.8, 4) is 0 Å². The van der Waals surface area contributed by atoms with Gasteiger partial charge in [-0.25, -0.2) is 4.99 Å². The van der Waals surface area contributed by atoms with E-state index < -0.39 is 0 Å². The number of nitrogens with zero attached hydrogens (tertiary/aromatic N) is 1. The molecule has 1 heterocycles. The number of hydrogen-bond acceptors (Lipinski definition) is 3. The molecule has 1 amide bonds. The van der Waals surface area contributed by atoms with E-state index >= 15 is 0 Å². The quantitative estimate of drug-likeness (QED) is 0.483. The third-order valence-corrected chi connectivity index (χ3v) is 5.12. The highest BCUT2D eigenvalue weighted by molar-refractivity contribution is 5.94. The van der Waals surface area contributed by atoms with Crippen molar-refractivity contribution < 1.29 is 9.53 Å². The summed E-state index contributed by atoms with van der Waals surface area (Å²) in [4.78, 5) is 17.0. The molecule has 0 bridgehead atoms. The Kier molecular flexibility index (Phi) is 7.85. The van der Waals surface area contributed by atoms with E-state index in [1.54, 1.807) is 0 Å². The number of guanidine groups is 1. The zero-order valence-corrected chi connectivity index (χ0v) is 18.1. The van der Waals surface area contributed by atoms with Crippen LogP contribution in [0.4, 0.5) is 5.69 Å². The molecular formula is C24H32N4O2. The molecule has 0 aromatic heterocycles. The Balaban J connectivity index is 1.60. The number of carbonyl (C=O) groups excluding carboxylic acids is 1. The van der Waals surface area contributed by atoms with Crippen LogP contribution in [-0.4, -0.2) is 31.1 Å². The summed E-state index contributed by atoms with van der Waals surface area (Å²) in [6.45, 7) is 8.97. The maximum atomic E-state index is 12.3. The van der Waals surface area contributed by atoms with Gasteiger partial charge in [-0.15, -0.1) is 0 Å². The van der Waals surface area contributed by atoms with Gasteiger partial charge in [-0.3, -0.25) is 4.79 Å². The summed E-state index contributed by atoms with van der Waals surface area (Å²) in [5, 5.41) is 9.65. The molecule has 1 aliphatic heterocycles. The Labute approximate surface area is 179 Å². The highest BCUT2D eigenvalue weighted by Crippen LogP contribution is 2.17. The first-order valence-corrected chi connectivity index (χ1v) is 10.6. The first-order valence-electron chi connectivity index (χ1n) is 10.6. The molecule has 6 nitrogen and oxygen atoms in total. The number of nitrogens with one attached hydrogen (secondary N) is 3. The van der Waals surface area contributed by atoms with Crippen LogP contribution in [0.25, 0.3) is 0 Å². The number of aryl methyl sites for hydroxylation is 2. The molecule has 3 rings (SSSR count). The average Bonchev–Trinajstić information content (AvgIpc) is 3.26. The Bertz CT molecular complexity index is 889. The number of ether oxygens (including phenoxy) is 1. The topological polar surface area (TPSA) is 74.8 Å². The van der Waals surface area contributed by atoms with E-state index in [-0.39, 0.29) is 12.0 Å². The summed E-state index contributed by atoms with van der Waals surface area (Å²) >= 11 is 0. The van der Waals surface area contributed by atoms with Gasteiger partial charge >= 0.3 is 0 Å². The van der Waals surface area contributed by atoms with Gasteiger partial charge in [-0.2, -0.15) is 0 Å². The van der Waals surface area contributed by atoms with Crippen LogP contribution in [0, 0.1) is 13.8 Å². The number of benzene rings is 2. The lowest BCUT2D eigenvalue weighted by Gasteiger charge is -2.14. The van der Waals surface area contributed by atoms with E-state index in [0.717, 1.165) is 43.1 Å². The molecular weight excluding hydrogens is 376 g/mol. The summed E-state index contributed by atoms with van der Waals surface area (Å²) in [5.74, 6) is 0.697. The van der Waals surface area contributed by atoms with Crippen LogP contribution in [0.15, 0.2) is 47.5 Å². The zero-order valence-electron chi connectivity index (χ0n) is 18.1. The SMILES string of the molecule is CCNC(=NCc1cccc(NC(=O)C2CCCO2)c1)NCc1ccc(C)cc1C. The fraction of sp³-hybridized carbons (Fsp3) is 0.417. The van der Waals surface area contributed by atoms with Crippen molar-refractivity contribution in [2.75, 3.05) is 18.5 Å². The monoisotopic (exact) mass is 408 g/mol. The van der Waals surface area contributed by atoms with E-state index in [4.69, 9.17) is 9.73 Å². The highest BCUT2D eigenvalue weighted by Gasteiger charge is 2.23. The van der Waals surface area contributed by atoms with E-state index in [2.05, 4.69) is 54.9 Å². The molecule has 1 unspecified atom stereocenters. The number of hydrogen-bond donors (Lipinski definition) is 3. The summed E-state index contributed by atoms with van der Waals surface area (Å²) < 4.78 is 5.45. The van der Waals surface area contributed by atoms with Crippen molar-refractivity contribution in [3.05, 3.63) is 64.7 Å². The van der Waals surface area contributed by atoms with Crippen molar-refractivity contribution in [1.82, 2.24) is 10.6 Å². The van der Waals surface area contributed by atoms with Gasteiger partial charge < -0.3 is 20.7 Å². The van der Waals surface area contributed by atoms with E-state index in [1.807, 2.05) is 24.3 Å². The molecule has 0 saturated carbocycles. The van der Waals surface area contributed by atoms with Gasteiger partial charge in [-0.1, -0.05) is 35.9 Å². The predicted octanol–water partition coefficient (Wildman–Crippen LogP) is 3.68. The van der Waals surface area contributed by atoms with Gasteiger partial charge in [0.2, 0.25) is 0 Å². The first kappa shape index (κ1) is 21.8. The van der Waals surface area contributed by atoms with Crippen LogP contribution >= 0.6 is 0 Å². The lowest BCUT2D eigenvalue weighted by atomic mass is 10.1. The lowest BCUT2D eigenvalue weighted by Crippen LogP contribution is -2.36. The number of amides is 1. The standard InChI is InChI=1S/C24H32N4O2/c1-4-25-24(27-16-20-11-10-17(2)13-18(20)3)26-15-19-7-5-8-21(14-19)28-23(29)22-9-6-12-30-22/h5,7-8,10-11,13-14,22H,4,6,9,12,15-16H2,1-3H3,(H,28,29)(H2,25,26,27). The second kappa shape index (κ2) is 10.8. The van der Waals surface area contributed by atoms with Crippen LogP contribution in [0.3, 0.4) is 0 Å². The molecule has 0 spiro atoms. The van der Waals surface area contributed by atoms with Crippen LogP contribution < -0.4 is 16.0 Å². The lowest BCUT2D eigenvalue weighted by molar-refractivity contribution is -0.124. The van der Waals surface area contributed by atoms with Crippen molar-refractivity contribution in [1.29, 1.82) is 0 Å². The van der Waals surface area contributed by atoms with Crippen molar-refractivity contribution in [2.45, 2.75) is 52.8 Å². The Morgan fingerprint density at radius 1 is 1.17 bits per heavy atom. The maximum absolute atomic E-state index is 12.3. The van der Waals surface area contributed by atoms with E-state index in [9.17, 15) is 4.79 Å². The Morgan fingerprint density at radius 2 is 2.03 bits per heavy atom. The molecule has 1 aliphatic rings. The van der Waals surface area contributed by atoms with Gasteiger partial charge in [0.25, 0.3) is 5.91 Å². The number of rotatable bonds is 7. The van der Waals surface area contributed by atoms with Gasteiger partial charge in [-0.05, 0) is 62.4 Å². The summed E-state index contributed by atoms with van der Waals surface area (Å²) in [6.07, 6.45) is 1.39. The normalized spacial score (nSPS) is 16.4. The predicted molar refractivity (Wildman–Crippen MR) is 122 cm³/mol. The third-order valence-electron chi connectivity index (χ3n) is 5.12. The molecule has 160 valence electrons. The van der Waals surface area contributed by atoms with Crippen LogP contribution in [0.2, 0.25) is 0 Å². The van der Waals surface area contributed by atoms with Crippen LogP contribution in [-0.2, 0) is 22.6 Å². The average molecular weight is 409 g/mol. The van der Waals surface area contributed by atoms with E-state index in [0.29, 0.717) is 13.2 Å². The second-order valence-corrected chi connectivity index (χ2v) is 7.67. The molecule has 30 heavy (non-hydrogen) atoms. The molecule has 1 fully saturated rings. The smallest absolute Gasteiger partial charge is 0.253 e. The molecule has 1 saturated heterocycles. The van der Waals surface area contributed by atoms with Crippen molar-refractivity contribution in [3.63, 3.8) is 0 Å². The molecule has 1 atom stereocenters. The molecule has 2 aromatic rings. The van der Waals surface area contributed by atoms with Gasteiger partial charge in [0.15, 0.2) is 5.96 Å². The molecule has 2 aromatic carbocycles. The number of anilines is 1. The Hall–Kier alpha value is -2.86. The van der Waals surface area contributed by atoms with Crippen molar-refractivity contribution >= 4 is 17.6 Å². The van der Waals surface area contributed by atoms with Crippen LogP contribution in [0.1, 0.15) is 42.0 Å². The van der Waals surface area contributed by atoms with E-state index in [1.165, 1.54) is 16.7 Å². The third kappa shape index (κ3) is 6.32. The summed E-state index contributed by atoms with van der Waals surface area (Å²) in [5.41, 5.74) is 5.60. The molecule has 0 radical (unpaired) electrons. The number of carbonyl (C=O) groups is 1. The highest BCUT2D eigenvalue weighted by atomic mass is 16.5. The largest absolute Gasteiger partial charge is 0.368 e. The Morgan fingerprint density at radius 3 is 2.77 bits per heavy atom. The molecule has 0 aliphatic carbocycles. The molecule has 3 N–H and O–H groups in total. The zero-order chi connectivity index (χ0) is 21.3. The van der Waals surface area contributed by atoms with Gasteiger partial charge in [0.05, 0.1) is 6.54 Å². The minimum Gasteiger partial charge on any atom is -0.368 e.